The molecule has 0 saturated carbocycles. The SMILES string of the molecule is C=C(C)C(=O)OC(C)(C)c1cccc(O)c1. The lowest BCUT2D eigenvalue weighted by molar-refractivity contribution is -0.152. The van der Waals surface area contributed by atoms with Crippen molar-refractivity contribution in [1.82, 2.24) is 0 Å². The van der Waals surface area contributed by atoms with Crippen molar-refractivity contribution in [3.8, 4) is 5.75 Å². The third kappa shape index (κ3) is 2.86. The fraction of sp³-hybridized carbons (Fsp3) is 0.308. The molecule has 0 heterocycles. The Kier molecular flexibility index (Phi) is 3.38. The van der Waals surface area contributed by atoms with Crippen LogP contribution in [0, 0.1) is 0 Å². The zero-order valence-corrected chi connectivity index (χ0v) is 9.78. The van der Waals surface area contributed by atoms with Gasteiger partial charge in [0.05, 0.1) is 0 Å². The van der Waals surface area contributed by atoms with E-state index in [9.17, 15) is 9.90 Å². The van der Waals surface area contributed by atoms with E-state index in [1.165, 1.54) is 0 Å². The summed E-state index contributed by atoms with van der Waals surface area (Å²) in [7, 11) is 0. The minimum Gasteiger partial charge on any atom is -0.508 e. The topological polar surface area (TPSA) is 46.5 Å². The number of rotatable bonds is 3. The van der Waals surface area contributed by atoms with Gasteiger partial charge in [0, 0.05) is 5.57 Å². The molecule has 3 heteroatoms. The maximum absolute atomic E-state index is 11.4. The van der Waals surface area contributed by atoms with E-state index in [4.69, 9.17) is 4.74 Å². The summed E-state index contributed by atoms with van der Waals surface area (Å²) in [5, 5.41) is 9.36. The lowest BCUT2D eigenvalue weighted by Gasteiger charge is -2.25. The maximum atomic E-state index is 11.4. The van der Waals surface area contributed by atoms with Crippen LogP contribution >= 0.6 is 0 Å². The molecule has 0 saturated heterocycles. The second-order valence-electron chi connectivity index (χ2n) is 4.23. The van der Waals surface area contributed by atoms with Gasteiger partial charge in [0.15, 0.2) is 0 Å². The smallest absolute Gasteiger partial charge is 0.333 e. The minimum absolute atomic E-state index is 0.150. The number of carbonyl (C=O) groups excluding carboxylic acids is 1. The molecular weight excluding hydrogens is 204 g/mol. The Morgan fingerprint density at radius 2 is 2.06 bits per heavy atom. The van der Waals surface area contributed by atoms with Crippen molar-refractivity contribution in [2.75, 3.05) is 0 Å². The predicted octanol–water partition coefficient (Wildman–Crippen LogP) is 2.75. The van der Waals surface area contributed by atoms with Crippen molar-refractivity contribution in [1.29, 1.82) is 0 Å². The third-order valence-corrected chi connectivity index (χ3v) is 2.24. The van der Waals surface area contributed by atoms with Crippen LogP contribution in [0.1, 0.15) is 26.3 Å². The minimum atomic E-state index is -0.783. The van der Waals surface area contributed by atoms with Crippen molar-refractivity contribution < 1.29 is 14.6 Å². The quantitative estimate of drug-likeness (QED) is 0.629. The van der Waals surface area contributed by atoms with Crippen LogP contribution in [0.5, 0.6) is 5.75 Å². The highest BCUT2D eigenvalue weighted by atomic mass is 16.6. The lowest BCUT2D eigenvalue weighted by atomic mass is 9.98. The second kappa shape index (κ2) is 4.39. The number of aromatic hydroxyl groups is 1. The molecule has 0 amide bonds. The van der Waals surface area contributed by atoms with Gasteiger partial charge in [0.2, 0.25) is 0 Å². The van der Waals surface area contributed by atoms with Gasteiger partial charge in [-0.25, -0.2) is 4.79 Å². The monoisotopic (exact) mass is 220 g/mol. The summed E-state index contributed by atoms with van der Waals surface area (Å²) < 4.78 is 5.29. The van der Waals surface area contributed by atoms with Crippen LogP contribution in [0.3, 0.4) is 0 Å². The van der Waals surface area contributed by atoms with Gasteiger partial charge in [0.1, 0.15) is 11.4 Å². The Morgan fingerprint density at radius 1 is 1.44 bits per heavy atom. The Labute approximate surface area is 95.4 Å². The fourth-order valence-corrected chi connectivity index (χ4v) is 1.26. The summed E-state index contributed by atoms with van der Waals surface area (Å²) in [6.45, 7) is 8.66. The van der Waals surface area contributed by atoms with Crippen LogP contribution in [0.4, 0.5) is 0 Å². The highest BCUT2D eigenvalue weighted by molar-refractivity contribution is 5.87. The summed E-state index contributed by atoms with van der Waals surface area (Å²) in [5.41, 5.74) is 0.310. The molecule has 0 atom stereocenters. The van der Waals surface area contributed by atoms with E-state index in [-0.39, 0.29) is 5.75 Å². The average Bonchev–Trinajstić information content (AvgIpc) is 2.17. The lowest BCUT2D eigenvalue weighted by Crippen LogP contribution is -2.25. The number of benzene rings is 1. The van der Waals surface area contributed by atoms with Crippen molar-refractivity contribution in [3.63, 3.8) is 0 Å². The van der Waals surface area contributed by atoms with Gasteiger partial charge in [-0.1, -0.05) is 18.7 Å². The summed E-state index contributed by atoms with van der Waals surface area (Å²) in [6, 6.07) is 6.65. The fourth-order valence-electron chi connectivity index (χ4n) is 1.26. The second-order valence-corrected chi connectivity index (χ2v) is 4.23. The number of hydrogen-bond donors (Lipinski definition) is 1. The molecule has 3 nitrogen and oxygen atoms in total. The first-order chi connectivity index (χ1) is 7.33. The van der Waals surface area contributed by atoms with Crippen LogP contribution < -0.4 is 0 Å². The molecule has 1 aromatic rings. The van der Waals surface area contributed by atoms with E-state index < -0.39 is 11.6 Å². The normalized spacial score (nSPS) is 10.9. The predicted molar refractivity (Wildman–Crippen MR) is 62.0 cm³/mol. The van der Waals surface area contributed by atoms with Crippen molar-refractivity contribution in [2.45, 2.75) is 26.4 Å². The number of ether oxygens (including phenoxy) is 1. The molecule has 0 aliphatic carbocycles. The number of phenolic OH excluding ortho intramolecular Hbond substituents is 1. The van der Waals surface area contributed by atoms with Gasteiger partial charge in [-0.05, 0) is 38.5 Å². The summed E-state index contributed by atoms with van der Waals surface area (Å²) in [5.74, 6) is -0.287. The summed E-state index contributed by atoms with van der Waals surface area (Å²) in [6.07, 6.45) is 0. The van der Waals surface area contributed by atoms with E-state index in [2.05, 4.69) is 6.58 Å². The Morgan fingerprint density at radius 3 is 2.56 bits per heavy atom. The van der Waals surface area contributed by atoms with Gasteiger partial charge in [0.25, 0.3) is 0 Å². The number of phenols is 1. The Hall–Kier alpha value is -1.77. The first kappa shape index (κ1) is 12.3. The molecule has 0 fully saturated rings. The van der Waals surface area contributed by atoms with E-state index >= 15 is 0 Å². The highest BCUT2D eigenvalue weighted by Gasteiger charge is 2.25. The van der Waals surface area contributed by atoms with Crippen LogP contribution in [0.15, 0.2) is 36.4 Å². The molecule has 0 aliphatic rings. The summed E-state index contributed by atoms with van der Waals surface area (Å²) >= 11 is 0. The molecule has 0 unspecified atom stereocenters. The van der Waals surface area contributed by atoms with E-state index in [1.807, 2.05) is 0 Å². The molecule has 16 heavy (non-hydrogen) atoms. The van der Waals surface area contributed by atoms with Gasteiger partial charge < -0.3 is 9.84 Å². The molecule has 1 aromatic carbocycles. The van der Waals surface area contributed by atoms with Gasteiger partial charge in [-0.3, -0.25) is 0 Å². The molecule has 1 rings (SSSR count). The van der Waals surface area contributed by atoms with Crippen LogP contribution in [-0.4, -0.2) is 11.1 Å². The van der Waals surface area contributed by atoms with Gasteiger partial charge in [-0.15, -0.1) is 0 Å². The molecule has 0 bridgehead atoms. The molecule has 86 valence electrons. The van der Waals surface area contributed by atoms with Crippen molar-refractivity contribution in [2.24, 2.45) is 0 Å². The molecule has 0 aliphatic heterocycles. The molecular formula is C13H16O3. The number of esters is 1. The zero-order chi connectivity index (χ0) is 12.3. The largest absolute Gasteiger partial charge is 0.508 e. The number of carbonyl (C=O) groups is 1. The molecule has 0 spiro atoms. The highest BCUT2D eigenvalue weighted by Crippen LogP contribution is 2.27. The average molecular weight is 220 g/mol. The van der Waals surface area contributed by atoms with Crippen LogP contribution in [0.2, 0.25) is 0 Å². The molecule has 0 radical (unpaired) electrons. The number of hydrogen-bond acceptors (Lipinski definition) is 3. The maximum Gasteiger partial charge on any atom is 0.333 e. The standard InChI is InChI=1S/C13H16O3/c1-9(2)12(15)16-13(3,4)10-6-5-7-11(14)8-10/h5-8,14H,1H2,2-4H3. The van der Waals surface area contributed by atoms with Gasteiger partial charge in [-0.2, -0.15) is 0 Å². The first-order valence-electron chi connectivity index (χ1n) is 5.01. The van der Waals surface area contributed by atoms with Crippen molar-refractivity contribution in [3.05, 3.63) is 42.0 Å². The summed E-state index contributed by atoms with van der Waals surface area (Å²) in [4.78, 5) is 11.4. The van der Waals surface area contributed by atoms with Gasteiger partial charge >= 0.3 is 5.97 Å². The van der Waals surface area contributed by atoms with Crippen LogP contribution in [-0.2, 0) is 15.1 Å². The molecule has 0 aromatic heterocycles. The Bertz CT molecular complexity index is 419. The van der Waals surface area contributed by atoms with E-state index in [1.54, 1.807) is 45.0 Å². The van der Waals surface area contributed by atoms with E-state index in [0.717, 1.165) is 5.56 Å². The van der Waals surface area contributed by atoms with Crippen LogP contribution in [0.25, 0.3) is 0 Å². The van der Waals surface area contributed by atoms with Crippen molar-refractivity contribution >= 4 is 5.97 Å². The third-order valence-electron chi connectivity index (χ3n) is 2.24. The molecule has 1 N–H and O–H groups in total. The Balaban J connectivity index is 2.93. The zero-order valence-electron chi connectivity index (χ0n) is 9.78. The van der Waals surface area contributed by atoms with E-state index in [0.29, 0.717) is 5.57 Å². The first-order valence-corrected chi connectivity index (χ1v) is 5.01.